The van der Waals surface area contributed by atoms with Crippen LogP contribution in [-0.4, -0.2) is 24.1 Å². The van der Waals surface area contributed by atoms with Gasteiger partial charge in [0.1, 0.15) is 0 Å². The summed E-state index contributed by atoms with van der Waals surface area (Å²) >= 11 is 0. The minimum Gasteiger partial charge on any atom is -0.463 e. The van der Waals surface area contributed by atoms with Crippen LogP contribution in [0.5, 0.6) is 0 Å². The van der Waals surface area contributed by atoms with Gasteiger partial charge in [0.15, 0.2) is 0 Å². The van der Waals surface area contributed by atoms with E-state index in [2.05, 4.69) is 0 Å². The summed E-state index contributed by atoms with van der Waals surface area (Å²) in [6.07, 6.45) is 0.995. The fraction of sp³-hybridized carbons (Fsp3) is 0.556. The molecule has 22 heavy (non-hydrogen) atoms. The Balaban J connectivity index is 2.33. The van der Waals surface area contributed by atoms with E-state index in [9.17, 15) is 9.59 Å². The standard InChI is InChI=1S/C18H24O4/c1-11(2)21-17(19)15-10-9-13-7-5-6-8-14(13)16(15)18(20)22-12(3)4/h5-8,11-12,15-16H,9-10H2,1-4H3. The summed E-state index contributed by atoms with van der Waals surface area (Å²) in [5.74, 6) is -1.69. The average Bonchev–Trinajstić information content (AvgIpc) is 2.44. The Bertz CT molecular complexity index is 548. The predicted molar refractivity (Wildman–Crippen MR) is 83.5 cm³/mol. The summed E-state index contributed by atoms with van der Waals surface area (Å²) < 4.78 is 10.7. The van der Waals surface area contributed by atoms with Crippen molar-refractivity contribution in [3.05, 3.63) is 35.4 Å². The maximum absolute atomic E-state index is 12.5. The topological polar surface area (TPSA) is 52.6 Å². The van der Waals surface area contributed by atoms with Crippen molar-refractivity contribution in [2.45, 2.75) is 58.7 Å². The first-order valence-electron chi connectivity index (χ1n) is 7.89. The molecule has 2 atom stereocenters. The van der Waals surface area contributed by atoms with Gasteiger partial charge in [-0.2, -0.15) is 0 Å². The molecule has 120 valence electrons. The van der Waals surface area contributed by atoms with Crippen LogP contribution in [0.1, 0.15) is 51.2 Å². The smallest absolute Gasteiger partial charge is 0.314 e. The predicted octanol–water partition coefficient (Wildman–Crippen LogP) is 3.24. The van der Waals surface area contributed by atoms with Crippen molar-refractivity contribution >= 4 is 11.9 Å². The van der Waals surface area contributed by atoms with Crippen molar-refractivity contribution in [2.75, 3.05) is 0 Å². The molecule has 0 aliphatic heterocycles. The van der Waals surface area contributed by atoms with Gasteiger partial charge in [-0.15, -0.1) is 0 Å². The Morgan fingerprint density at radius 1 is 1.00 bits per heavy atom. The van der Waals surface area contributed by atoms with Crippen molar-refractivity contribution < 1.29 is 19.1 Å². The molecule has 1 aliphatic carbocycles. The average molecular weight is 304 g/mol. The number of rotatable bonds is 4. The SMILES string of the molecule is CC(C)OC(=O)C1CCc2ccccc2C1C(=O)OC(C)C. The van der Waals surface area contributed by atoms with E-state index in [1.54, 1.807) is 0 Å². The number of hydrogen-bond acceptors (Lipinski definition) is 4. The Labute approximate surface area is 131 Å². The second-order valence-corrected chi connectivity index (χ2v) is 6.29. The molecule has 0 amide bonds. The first-order valence-corrected chi connectivity index (χ1v) is 7.89. The highest BCUT2D eigenvalue weighted by atomic mass is 16.6. The lowest BCUT2D eigenvalue weighted by Crippen LogP contribution is -2.36. The van der Waals surface area contributed by atoms with Crippen LogP contribution in [0, 0.1) is 5.92 Å². The summed E-state index contributed by atoms with van der Waals surface area (Å²) in [5, 5.41) is 0. The van der Waals surface area contributed by atoms with Crippen LogP contribution in [0.25, 0.3) is 0 Å². The van der Waals surface area contributed by atoms with E-state index in [1.165, 1.54) is 0 Å². The number of fused-ring (bicyclic) bond motifs is 1. The molecule has 4 heteroatoms. The van der Waals surface area contributed by atoms with Gasteiger partial charge in [0, 0.05) is 0 Å². The Kier molecular flexibility index (Phi) is 5.22. The first kappa shape index (κ1) is 16.5. The number of carbonyl (C=O) groups excluding carboxylic acids is 2. The lowest BCUT2D eigenvalue weighted by atomic mass is 9.75. The van der Waals surface area contributed by atoms with Gasteiger partial charge >= 0.3 is 11.9 Å². The molecule has 0 saturated heterocycles. The fourth-order valence-electron chi connectivity index (χ4n) is 2.93. The van der Waals surface area contributed by atoms with Gasteiger partial charge in [-0.1, -0.05) is 24.3 Å². The second-order valence-electron chi connectivity index (χ2n) is 6.29. The van der Waals surface area contributed by atoms with E-state index in [4.69, 9.17) is 9.47 Å². The molecule has 0 bridgehead atoms. The van der Waals surface area contributed by atoms with Crippen LogP contribution in [0.3, 0.4) is 0 Å². The molecule has 4 nitrogen and oxygen atoms in total. The lowest BCUT2D eigenvalue weighted by molar-refractivity contribution is -0.162. The number of ether oxygens (including phenoxy) is 2. The van der Waals surface area contributed by atoms with E-state index in [0.717, 1.165) is 17.5 Å². The molecule has 2 unspecified atom stereocenters. The summed E-state index contributed by atoms with van der Waals surface area (Å²) in [6, 6.07) is 7.77. The minimum atomic E-state index is -0.571. The van der Waals surface area contributed by atoms with E-state index in [1.807, 2.05) is 52.0 Å². The van der Waals surface area contributed by atoms with Crippen LogP contribution >= 0.6 is 0 Å². The Hall–Kier alpha value is -1.84. The Morgan fingerprint density at radius 2 is 1.59 bits per heavy atom. The first-order chi connectivity index (χ1) is 10.4. The van der Waals surface area contributed by atoms with Crippen molar-refractivity contribution in [2.24, 2.45) is 5.92 Å². The molecule has 0 aromatic heterocycles. The van der Waals surface area contributed by atoms with Crippen LogP contribution < -0.4 is 0 Å². The van der Waals surface area contributed by atoms with Crippen molar-refractivity contribution in [1.29, 1.82) is 0 Å². The third-order valence-electron chi connectivity index (χ3n) is 3.78. The zero-order valence-corrected chi connectivity index (χ0v) is 13.7. The minimum absolute atomic E-state index is 0.188. The number of esters is 2. The summed E-state index contributed by atoms with van der Waals surface area (Å²) in [5.41, 5.74) is 2.01. The van der Waals surface area contributed by atoms with Crippen LogP contribution in [0.15, 0.2) is 24.3 Å². The Morgan fingerprint density at radius 3 is 2.23 bits per heavy atom. The van der Waals surface area contributed by atoms with Gasteiger partial charge in [-0.05, 0) is 51.7 Å². The zero-order valence-electron chi connectivity index (χ0n) is 13.7. The van der Waals surface area contributed by atoms with Gasteiger partial charge in [0.05, 0.1) is 24.0 Å². The van der Waals surface area contributed by atoms with Gasteiger partial charge < -0.3 is 9.47 Å². The number of aryl methyl sites for hydroxylation is 1. The van der Waals surface area contributed by atoms with Crippen molar-refractivity contribution in [1.82, 2.24) is 0 Å². The van der Waals surface area contributed by atoms with Crippen LogP contribution in [0.2, 0.25) is 0 Å². The molecule has 0 saturated carbocycles. The third kappa shape index (κ3) is 3.67. The highest BCUT2D eigenvalue weighted by Crippen LogP contribution is 2.38. The van der Waals surface area contributed by atoms with Gasteiger partial charge in [-0.25, -0.2) is 0 Å². The van der Waals surface area contributed by atoms with E-state index in [-0.39, 0.29) is 24.1 Å². The molecule has 2 rings (SSSR count). The normalized spacial score (nSPS) is 20.6. The van der Waals surface area contributed by atoms with Crippen LogP contribution in [0.4, 0.5) is 0 Å². The summed E-state index contributed by atoms with van der Waals surface area (Å²) in [6.45, 7) is 7.26. The van der Waals surface area contributed by atoms with Crippen molar-refractivity contribution in [3.63, 3.8) is 0 Å². The van der Waals surface area contributed by atoms with E-state index < -0.39 is 11.8 Å². The largest absolute Gasteiger partial charge is 0.463 e. The molecule has 1 aromatic rings. The quantitative estimate of drug-likeness (QED) is 0.801. The van der Waals surface area contributed by atoms with Gasteiger partial charge in [0.2, 0.25) is 0 Å². The maximum atomic E-state index is 12.5. The molecular formula is C18H24O4. The molecule has 0 fully saturated rings. The molecule has 0 radical (unpaired) electrons. The molecule has 1 aromatic carbocycles. The maximum Gasteiger partial charge on any atom is 0.314 e. The zero-order chi connectivity index (χ0) is 16.3. The molecule has 1 aliphatic rings. The number of benzene rings is 1. The second kappa shape index (κ2) is 6.95. The highest BCUT2D eigenvalue weighted by Gasteiger charge is 2.41. The number of carbonyl (C=O) groups is 2. The van der Waals surface area contributed by atoms with Gasteiger partial charge in [-0.3, -0.25) is 9.59 Å². The number of hydrogen-bond donors (Lipinski definition) is 0. The van der Waals surface area contributed by atoms with Crippen molar-refractivity contribution in [3.8, 4) is 0 Å². The van der Waals surface area contributed by atoms with E-state index >= 15 is 0 Å². The third-order valence-corrected chi connectivity index (χ3v) is 3.78. The summed E-state index contributed by atoms with van der Waals surface area (Å²) in [4.78, 5) is 24.9. The molecule has 0 heterocycles. The van der Waals surface area contributed by atoms with Gasteiger partial charge in [0.25, 0.3) is 0 Å². The lowest BCUT2D eigenvalue weighted by Gasteiger charge is -2.31. The van der Waals surface area contributed by atoms with Crippen LogP contribution in [-0.2, 0) is 25.5 Å². The molecule has 0 N–H and O–H groups in total. The molecule has 0 spiro atoms. The summed E-state index contributed by atoms with van der Waals surface area (Å²) in [7, 11) is 0. The molecular weight excluding hydrogens is 280 g/mol. The monoisotopic (exact) mass is 304 g/mol. The highest BCUT2D eigenvalue weighted by molar-refractivity contribution is 5.87. The fourth-order valence-corrected chi connectivity index (χ4v) is 2.93. The van der Waals surface area contributed by atoms with E-state index in [0.29, 0.717) is 6.42 Å².